The first-order chi connectivity index (χ1) is 6.15. The van der Waals surface area contributed by atoms with Gasteiger partial charge in [-0.15, -0.1) is 0 Å². The number of rotatable bonds is 3. The van der Waals surface area contributed by atoms with Crippen LogP contribution in [-0.4, -0.2) is 11.5 Å². The number of phenols is 1. The third-order valence-corrected chi connectivity index (χ3v) is 1.90. The summed E-state index contributed by atoms with van der Waals surface area (Å²) in [4.78, 5) is 10.2. The fourth-order valence-electron chi connectivity index (χ4n) is 1.09. The molecule has 1 aromatic rings. The number of hydrogen-bond donors (Lipinski definition) is 2. The molecule has 1 rings (SSSR count). The number of aromatic hydroxyl groups is 1. The zero-order chi connectivity index (χ0) is 9.84. The van der Waals surface area contributed by atoms with E-state index in [0.717, 1.165) is 5.56 Å². The highest BCUT2D eigenvalue weighted by atomic mass is 16.3. The second-order valence-electron chi connectivity index (χ2n) is 3.19. The molecule has 0 radical (unpaired) electrons. The summed E-state index contributed by atoms with van der Waals surface area (Å²) in [5, 5.41) is 11.8. The Hall–Kier alpha value is -1.51. The molecule has 0 atom stereocenters. The first-order valence-corrected chi connectivity index (χ1v) is 4.18. The number of carbonyl (C=O) groups is 1. The predicted octanol–water partition coefficient (Wildman–Crippen LogP) is 2.08. The summed E-state index contributed by atoms with van der Waals surface area (Å²) in [6.07, 6.45) is 0.555. The van der Waals surface area contributed by atoms with Crippen LogP contribution in [0.3, 0.4) is 0 Å². The molecule has 0 saturated heterocycles. The van der Waals surface area contributed by atoms with Gasteiger partial charge in [-0.1, -0.05) is 19.9 Å². The van der Waals surface area contributed by atoms with Gasteiger partial charge in [0.25, 0.3) is 0 Å². The Morgan fingerprint density at radius 2 is 2.15 bits per heavy atom. The van der Waals surface area contributed by atoms with Crippen molar-refractivity contribution in [3.8, 4) is 5.75 Å². The molecule has 13 heavy (non-hydrogen) atoms. The van der Waals surface area contributed by atoms with Crippen LogP contribution in [0, 0.1) is 0 Å². The molecule has 0 unspecified atom stereocenters. The molecule has 0 aromatic heterocycles. The first kappa shape index (κ1) is 9.58. The topological polar surface area (TPSA) is 49.3 Å². The van der Waals surface area contributed by atoms with Crippen LogP contribution in [0.5, 0.6) is 5.75 Å². The highest BCUT2D eigenvalue weighted by Gasteiger charge is 2.04. The van der Waals surface area contributed by atoms with E-state index < -0.39 is 0 Å². The molecule has 0 aliphatic heterocycles. The normalized spacial score (nSPS) is 10.1. The minimum absolute atomic E-state index is 0.0940. The molecule has 70 valence electrons. The molecule has 0 saturated carbocycles. The Balaban J connectivity index is 3.03. The number of phenolic OH excluding ortho intramolecular Hbond substituents is 1. The van der Waals surface area contributed by atoms with Crippen LogP contribution >= 0.6 is 0 Å². The summed E-state index contributed by atoms with van der Waals surface area (Å²) in [6.45, 7) is 4.11. The first-order valence-electron chi connectivity index (χ1n) is 4.18. The minimum atomic E-state index is 0.0940. The Morgan fingerprint density at radius 1 is 1.46 bits per heavy atom. The van der Waals surface area contributed by atoms with E-state index in [0.29, 0.717) is 18.0 Å². The number of amides is 1. The van der Waals surface area contributed by atoms with Gasteiger partial charge in [0.05, 0.1) is 5.69 Å². The highest BCUT2D eigenvalue weighted by molar-refractivity contribution is 5.75. The van der Waals surface area contributed by atoms with Crippen LogP contribution in [0.25, 0.3) is 0 Å². The lowest BCUT2D eigenvalue weighted by Crippen LogP contribution is -1.96. The predicted molar refractivity (Wildman–Crippen MR) is 51.9 cm³/mol. The van der Waals surface area contributed by atoms with Gasteiger partial charge >= 0.3 is 0 Å². The molecule has 3 nitrogen and oxygen atoms in total. The van der Waals surface area contributed by atoms with Crippen molar-refractivity contribution >= 4 is 12.1 Å². The van der Waals surface area contributed by atoms with Gasteiger partial charge in [0.2, 0.25) is 6.41 Å². The van der Waals surface area contributed by atoms with E-state index in [1.807, 2.05) is 6.07 Å². The van der Waals surface area contributed by atoms with Crippen molar-refractivity contribution in [2.24, 2.45) is 0 Å². The third kappa shape index (κ3) is 2.21. The number of hydrogen-bond acceptors (Lipinski definition) is 2. The van der Waals surface area contributed by atoms with Gasteiger partial charge < -0.3 is 10.4 Å². The van der Waals surface area contributed by atoms with Crippen LogP contribution in [0.1, 0.15) is 25.3 Å². The molecule has 3 heteroatoms. The second kappa shape index (κ2) is 3.94. The largest absolute Gasteiger partial charge is 0.506 e. The second-order valence-corrected chi connectivity index (χ2v) is 3.19. The summed E-state index contributed by atoms with van der Waals surface area (Å²) in [5.74, 6) is 0.476. The molecule has 1 amide bonds. The van der Waals surface area contributed by atoms with Crippen molar-refractivity contribution in [2.75, 3.05) is 5.32 Å². The van der Waals surface area contributed by atoms with E-state index in [1.54, 1.807) is 12.1 Å². The van der Waals surface area contributed by atoms with E-state index in [1.165, 1.54) is 0 Å². The van der Waals surface area contributed by atoms with Crippen LogP contribution in [0.2, 0.25) is 0 Å². The minimum Gasteiger partial charge on any atom is -0.506 e. The zero-order valence-electron chi connectivity index (χ0n) is 7.74. The van der Waals surface area contributed by atoms with E-state index in [4.69, 9.17) is 0 Å². The smallest absolute Gasteiger partial charge is 0.211 e. The molecule has 0 fully saturated rings. The lowest BCUT2D eigenvalue weighted by molar-refractivity contribution is -0.105. The van der Waals surface area contributed by atoms with Gasteiger partial charge in [-0.2, -0.15) is 0 Å². The summed E-state index contributed by atoms with van der Waals surface area (Å²) < 4.78 is 0. The SMILES string of the molecule is CC(C)c1ccc(O)c(NC=O)c1. The molecule has 2 N–H and O–H groups in total. The number of nitrogens with one attached hydrogen (secondary N) is 1. The molecule has 0 bridgehead atoms. The number of carbonyl (C=O) groups excluding carboxylic acids is 1. The molecule has 0 aliphatic rings. The van der Waals surface area contributed by atoms with Crippen molar-refractivity contribution in [3.05, 3.63) is 23.8 Å². The standard InChI is InChI=1S/C10H13NO2/c1-7(2)8-3-4-10(13)9(5-8)11-6-12/h3-7,13H,1-2H3,(H,11,12). The summed E-state index contributed by atoms with van der Waals surface area (Å²) in [5.41, 5.74) is 1.54. The van der Waals surface area contributed by atoms with Gasteiger partial charge in [-0.25, -0.2) is 0 Å². The molecule has 0 spiro atoms. The maximum Gasteiger partial charge on any atom is 0.211 e. The van der Waals surface area contributed by atoms with Gasteiger partial charge in [0.1, 0.15) is 5.75 Å². The van der Waals surface area contributed by atoms with Gasteiger partial charge in [-0.3, -0.25) is 4.79 Å². The van der Waals surface area contributed by atoms with Crippen LogP contribution < -0.4 is 5.32 Å². The average molecular weight is 179 g/mol. The number of benzene rings is 1. The van der Waals surface area contributed by atoms with Crippen LogP contribution in [0.4, 0.5) is 5.69 Å². The van der Waals surface area contributed by atoms with E-state index in [9.17, 15) is 9.90 Å². The van der Waals surface area contributed by atoms with Crippen LogP contribution in [0.15, 0.2) is 18.2 Å². The lowest BCUT2D eigenvalue weighted by Gasteiger charge is -2.08. The summed E-state index contributed by atoms with van der Waals surface area (Å²) in [7, 11) is 0. The highest BCUT2D eigenvalue weighted by Crippen LogP contribution is 2.26. The van der Waals surface area contributed by atoms with E-state index in [2.05, 4.69) is 19.2 Å². The Morgan fingerprint density at radius 3 is 2.69 bits per heavy atom. The third-order valence-electron chi connectivity index (χ3n) is 1.90. The van der Waals surface area contributed by atoms with Crippen LogP contribution in [-0.2, 0) is 4.79 Å². The quantitative estimate of drug-likeness (QED) is 0.551. The van der Waals surface area contributed by atoms with Crippen molar-refractivity contribution < 1.29 is 9.90 Å². The van der Waals surface area contributed by atoms with Crippen molar-refractivity contribution in [1.82, 2.24) is 0 Å². The monoisotopic (exact) mass is 179 g/mol. The lowest BCUT2D eigenvalue weighted by atomic mass is 10.0. The summed E-state index contributed by atoms with van der Waals surface area (Å²) in [6, 6.07) is 5.20. The van der Waals surface area contributed by atoms with Gasteiger partial charge in [0, 0.05) is 0 Å². The fraction of sp³-hybridized carbons (Fsp3) is 0.300. The Labute approximate surface area is 77.4 Å². The number of anilines is 1. The van der Waals surface area contributed by atoms with Gasteiger partial charge in [0.15, 0.2) is 0 Å². The maximum atomic E-state index is 10.2. The van der Waals surface area contributed by atoms with Crippen molar-refractivity contribution in [2.45, 2.75) is 19.8 Å². The molecule has 0 heterocycles. The maximum absolute atomic E-state index is 10.2. The Kier molecular flexibility index (Phi) is 2.90. The van der Waals surface area contributed by atoms with E-state index >= 15 is 0 Å². The van der Waals surface area contributed by atoms with E-state index in [-0.39, 0.29) is 5.75 Å². The van der Waals surface area contributed by atoms with Crippen molar-refractivity contribution in [3.63, 3.8) is 0 Å². The molecular formula is C10H13NO2. The zero-order valence-corrected chi connectivity index (χ0v) is 7.74. The average Bonchev–Trinajstić information content (AvgIpc) is 2.08. The fourth-order valence-corrected chi connectivity index (χ4v) is 1.09. The summed E-state index contributed by atoms with van der Waals surface area (Å²) >= 11 is 0. The van der Waals surface area contributed by atoms with Crippen molar-refractivity contribution in [1.29, 1.82) is 0 Å². The Bertz CT molecular complexity index is 308. The molecule has 1 aromatic carbocycles. The molecule has 0 aliphatic carbocycles. The van der Waals surface area contributed by atoms with Gasteiger partial charge in [-0.05, 0) is 23.6 Å². The molecular weight excluding hydrogens is 166 g/mol.